The van der Waals surface area contributed by atoms with Gasteiger partial charge in [0.25, 0.3) is 10.0 Å². The van der Waals surface area contributed by atoms with Crippen molar-refractivity contribution in [2.75, 3.05) is 23.3 Å². The van der Waals surface area contributed by atoms with Crippen LogP contribution in [0.2, 0.25) is 0 Å². The van der Waals surface area contributed by atoms with Gasteiger partial charge in [0, 0.05) is 22.9 Å². The fraction of sp³-hybridized carbons (Fsp3) is 0.212. The number of ketones is 1. The lowest BCUT2D eigenvalue weighted by molar-refractivity contribution is -0.114. The first-order valence-electron chi connectivity index (χ1n) is 13.2. The van der Waals surface area contributed by atoms with E-state index in [0.717, 1.165) is 15.4 Å². The summed E-state index contributed by atoms with van der Waals surface area (Å²) < 4.78 is 33.7. The van der Waals surface area contributed by atoms with Crippen LogP contribution in [0.4, 0.5) is 11.4 Å². The number of sulfonamides is 1. The van der Waals surface area contributed by atoms with E-state index in [1.54, 1.807) is 72.8 Å². The van der Waals surface area contributed by atoms with E-state index < -0.39 is 22.5 Å². The summed E-state index contributed by atoms with van der Waals surface area (Å²) in [6.45, 7) is 7.70. The summed E-state index contributed by atoms with van der Waals surface area (Å²) in [6, 6.07) is 27.0. The van der Waals surface area contributed by atoms with E-state index in [-0.39, 0.29) is 21.8 Å². The third kappa shape index (κ3) is 7.02. The van der Waals surface area contributed by atoms with Crippen LogP contribution in [0.3, 0.4) is 0 Å². The van der Waals surface area contributed by atoms with Gasteiger partial charge in [-0.2, -0.15) is 0 Å². The third-order valence-electron chi connectivity index (χ3n) is 6.66. The van der Waals surface area contributed by atoms with E-state index in [0.29, 0.717) is 22.6 Å². The van der Waals surface area contributed by atoms with Crippen molar-refractivity contribution in [1.29, 1.82) is 0 Å². The maximum atomic E-state index is 13.7. The quantitative estimate of drug-likeness (QED) is 0.236. The molecule has 0 radical (unpaired) electrons. The highest BCUT2D eigenvalue weighted by atomic mass is 32.2. The van der Waals surface area contributed by atoms with Gasteiger partial charge in [-0.05, 0) is 54.3 Å². The predicted molar refractivity (Wildman–Crippen MR) is 162 cm³/mol. The lowest BCUT2D eigenvalue weighted by Crippen LogP contribution is -2.38. The lowest BCUT2D eigenvalue weighted by Gasteiger charge is -2.24. The van der Waals surface area contributed by atoms with Crippen LogP contribution in [0.15, 0.2) is 102 Å². The van der Waals surface area contributed by atoms with Gasteiger partial charge in [-0.25, -0.2) is 8.42 Å². The predicted octanol–water partition coefficient (Wildman–Crippen LogP) is 6.37. The second kappa shape index (κ2) is 12.0. The highest BCUT2D eigenvalue weighted by Gasteiger charge is 2.28. The number of amides is 1. The van der Waals surface area contributed by atoms with Crippen LogP contribution in [0, 0.1) is 6.92 Å². The molecule has 7 nitrogen and oxygen atoms in total. The van der Waals surface area contributed by atoms with E-state index in [2.05, 4.69) is 26.1 Å². The SMILES string of the molecule is COc1cccc(N(CC(=O)Nc2cccc(C(=O)c3ccc(C(C)(C)C)cc3)c2)S(=O)(=O)c2ccc(C)cc2)c1. The summed E-state index contributed by atoms with van der Waals surface area (Å²) >= 11 is 0. The van der Waals surface area contributed by atoms with Gasteiger partial charge in [0.2, 0.25) is 5.91 Å². The first kappa shape index (κ1) is 29.6. The Hall–Kier alpha value is -4.43. The molecule has 4 aromatic carbocycles. The van der Waals surface area contributed by atoms with Crippen molar-refractivity contribution in [3.63, 3.8) is 0 Å². The van der Waals surface area contributed by atoms with E-state index in [1.807, 2.05) is 19.1 Å². The molecule has 4 rings (SSSR count). The maximum Gasteiger partial charge on any atom is 0.264 e. The van der Waals surface area contributed by atoms with Crippen LogP contribution < -0.4 is 14.4 Å². The van der Waals surface area contributed by atoms with Crippen molar-refractivity contribution in [2.24, 2.45) is 0 Å². The van der Waals surface area contributed by atoms with Crippen LogP contribution in [0.5, 0.6) is 5.75 Å². The fourth-order valence-electron chi connectivity index (χ4n) is 4.28. The zero-order valence-corrected chi connectivity index (χ0v) is 24.7. The maximum absolute atomic E-state index is 13.7. The van der Waals surface area contributed by atoms with Crippen molar-refractivity contribution in [2.45, 2.75) is 38.0 Å². The summed E-state index contributed by atoms with van der Waals surface area (Å²) in [5.74, 6) is -0.294. The average molecular weight is 571 g/mol. The van der Waals surface area contributed by atoms with Gasteiger partial charge in [0.15, 0.2) is 5.78 Å². The molecule has 0 aromatic heterocycles. The van der Waals surface area contributed by atoms with Crippen molar-refractivity contribution >= 4 is 33.1 Å². The number of benzene rings is 4. The number of ether oxygens (including phenoxy) is 1. The molecule has 0 saturated carbocycles. The number of nitrogens with zero attached hydrogens (tertiary/aromatic N) is 1. The van der Waals surface area contributed by atoms with Crippen LogP contribution in [0.1, 0.15) is 47.8 Å². The molecule has 1 N–H and O–H groups in total. The molecule has 0 aliphatic rings. The number of rotatable bonds is 9. The summed E-state index contributed by atoms with van der Waals surface area (Å²) in [5, 5.41) is 2.75. The minimum absolute atomic E-state index is 0.0303. The normalized spacial score (nSPS) is 11.5. The highest BCUT2D eigenvalue weighted by molar-refractivity contribution is 7.92. The number of aryl methyl sites for hydroxylation is 1. The van der Waals surface area contributed by atoms with E-state index >= 15 is 0 Å². The van der Waals surface area contributed by atoms with Gasteiger partial charge in [0.1, 0.15) is 12.3 Å². The minimum Gasteiger partial charge on any atom is -0.497 e. The Bertz CT molecular complexity index is 1660. The Labute approximate surface area is 241 Å². The molecule has 0 aliphatic heterocycles. The van der Waals surface area contributed by atoms with Gasteiger partial charge in [-0.1, -0.05) is 80.9 Å². The molecular formula is C33H34N2O5S. The summed E-state index contributed by atoms with van der Waals surface area (Å²) in [5.41, 5.74) is 3.61. The second-order valence-electron chi connectivity index (χ2n) is 10.8. The molecule has 0 unspecified atom stereocenters. The number of carbonyl (C=O) groups is 2. The van der Waals surface area contributed by atoms with Crippen LogP contribution in [0.25, 0.3) is 0 Å². The van der Waals surface area contributed by atoms with Crippen molar-refractivity contribution in [3.05, 3.63) is 119 Å². The Balaban J connectivity index is 1.58. The van der Waals surface area contributed by atoms with Crippen molar-refractivity contribution < 1.29 is 22.7 Å². The number of carbonyl (C=O) groups excluding carboxylic acids is 2. The highest BCUT2D eigenvalue weighted by Crippen LogP contribution is 2.28. The molecule has 4 aromatic rings. The Morgan fingerprint density at radius 3 is 2.12 bits per heavy atom. The van der Waals surface area contributed by atoms with Crippen LogP contribution in [-0.4, -0.2) is 33.8 Å². The molecular weight excluding hydrogens is 536 g/mol. The van der Waals surface area contributed by atoms with Gasteiger partial charge in [0.05, 0.1) is 17.7 Å². The monoisotopic (exact) mass is 570 g/mol. The average Bonchev–Trinajstić information content (AvgIpc) is 2.95. The molecule has 0 spiro atoms. The lowest BCUT2D eigenvalue weighted by atomic mass is 9.86. The molecule has 41 heavy (non-hydrogen) atoms. The molecule has 0 atom stereocenters. The third-order valence-corrected chi connectivity index (χ3v) is 8.45. The first-order chi connectivity index (χ1) is 19.4. The number of methoxy groups -OCH3 is 1. The topological polar surface area (TPSA) is 92.8 Å². The smallest absolute Gasteiger partial charge is 0.264 e. The Kier molecular flexibility index (Phi) is 8.63. The minimum atomic E-state index is -4.09. The zero-order chi connectivity index (χ0) is 29.8. The van der Waals surface area contributed by atoms with Crippen molar-refractivity contribution in [1.82, 2.24) is 0 Å². The van der Waals surface area contributed by atoms with Crippen LogP contribution in [-0.2, 0) is 20.2 Å². The first-order valence-corrected chi connectivity index (χ1v) is 14.6. The largest absolute Gasteiger partial charge is 0.497 e. The van der Waals surface area contributed by atoms with Gasteiger partial charge < -0.3 is 10.1 Å². The molecule has 0 heterocycles. The summed E-state index contributed by atoms with van der Waals surface area (Å²) in [6.07, 6.45) is 0. The van der Waals surface area contributed by atoms with E-state index in [9.17, 15) is 18.0 Å². The van der Waals surface area contributed by atoms with Crippen LogP contribution >= 0.6 is 0 Å². The molecule has 1 amide bonds. The number of nitrogens with one attached hydrogen (secondary N) is 1. The van der Waals surface area contributed by atoms with Gasteiger partial charge in [-0.15, -0.1) is 0 Å². The Morgan fingerprint density at radius 1 is 0.829 bits per heavy atom. The molecule has 212 valence electrons. The number of hydrogen-bond acceptors (Lipinski definition) is 5. The van der Waals surface area contributed by atoms with Crippen molar-refractivity contribution in [3.8, 4) is 5.75 Å². The van der Waals surface area contributed by atoms with Gasteiger partial charge in [-0.3, -0.25) is 13.9 Å². The zero-order valence-electron chi connectivity index (χ0n) is 23.8. The second-order valence-corrected chi connectivity index (χ2v) is 12.7. The standard InChI is InChI=1S/C33H34N2O5S/c1-23-12-18-30(19-13-23)41(38,39)35(28-10-7-11-29(21-28)40-5)22-31(36)34-27-9-6-8-25(20-27)32(37)24-14-16-26(17-15-24)33(2,3)4/h6-21H,22H2,1-5H3,(H,34,36). The fourth-order valence-corrected chi connectivity index (χ4v) is 5.69. The molecule has 8 heteroatoms. The van der Waals surface area contributed by atoms with E-state index in [1.165, 1.54) is 19.2 Å². The summed E-state index contributed by atoms with van der Waals surface area (Å²) in [7, 11) is -2.61. The molecule has 0 saturated heterocycles. The molecule has 0 fully saturated rings. The Morgan fingerprint density at radius 2 is 1.49 bits per heavy atom. The molecule has 0 aliphatic carbocycles. The van der Waals surface area contributed by atoms with E-state index in [4.69, 9.17) is 4.74 Å². The molecule has 0 bridgehead atoms. The summed E-state index contributed by atoms with van der Waals surface area (Å²) in [4.78, 5) is 26.5. The number of hydrogen-bond donors (Lipinski definition) is 1. The number of anilines is 2. The van der Waals surface area contributed by atoms with Gasteiger partial charge >= 0.3 is 0 Å².